The summed E-state index contributed by atoms with van der Waals surface area (Å²) in [4.78, 5) is 0. The molecule has 1 fully saturated rings. The van der Waals surface area contributed by atoms with Gasteiger partial charge in [0, 0.05) is 0 Å². The zero-order valence-electron chi connectivity index (χ0n) is 8.81. The van der Waals surface area contributed by atoms with Gasteiger partial charge in [0.2, 0.25) is 0 Å². The summed E-state index contributed by atoms with van der Waals surface area (Å²) in [6.07, 6.45) is 1.47. The lowest BCUT2D eigenvalue weighted by molar-refractivity contribution is 0.699. The van der Waals surface area contributed by atoms with Gasteiger partial charge in [-0.05, 0) is 29.6 Å². The van der Waals surface area contributed by atoms with Crippen molar-refractivity contribution in [2.24, 2.45) is 5.41 Å². The van der Waals surface area contributed by atoms with E-state index >= 15 is 0 Å². The molecule has 0 amide bonds. The first-order valence-corrected chi connectivity index (χ1v) is 6.31. The highest BCUT2D eigenvalue weighted by Crippen LogP contribution is 2.78. The zero-order valence-corrected chi connectivity index (χ0v) is 9.70. The van der Waals surface area contributed by atoms with Gasteiger partial charge in [0.05, 0.1) is 0 Å². The van der Waals surface area contributed by atoms with Crippen LogP contribution in [-0.4, -0.2) is 10.8 Å². The standard InChI is InChI=1S/C11H19P/c1-8-7-12(10(2,3)4)9-6-11(8,9)5/h7,9H,6H2,1-5H3/t9-,11-,12-/m1/s1. The maximum absolute atomic E-state index is 2.59. The minimum atomic E-state index is 0.177. The Hall–Kier alpha value is 0.170. The fraction of sp³-hybridized carbons (Fsp3) is 0.818. The molecule has 0 spiro atoms. The van der Waals surface area contributed by atoms with E-state index in [2.05, 4.69) is 40.4 Å². The molecular weight excluding hydrogens is 163 g/mol. The fourth-order valence-corrected chi connectivity index (χ4v) is 5.89. The Morgan fingerprint density at radius 1 is 1.50 bits per heavy atom. The molecule has 3 atom stereocenters. The van der Waals surface area contributed by atoms with E-state index in [4.69, 9.17) is 0 Å². The Morgan fingerprint density at radius 2 is 2.08 bits per heavy atom. The van der Waals surface area contributed by atoms with Gasteiger partial charge in [-0.3, -0.25) is 0 Å². The van der Waals surface area contributed by atoms with Gasteiger partial charge in [-0.15, -0.1) is 0 Å². The van der Waals surface area contributed by atoms with Crippen molar-refractivity contribution >= 4 is 7.92 Å². The first kappa shape index (κ1) is 8.75. The molecule has 0 saturated heterocycles. The van der Waals surface area contributed by atoms with Crippen LogP contribution < -0.4 is 0 Å². The molecule has 1 aliphatic heterocycles. The van der Waals surface area contributed by atoms with E-state index in [9.17, 15) is 0 Å². The van der Waals surface area contributed by atoms with Gasteiger partial charge < -0.3 is 0 Å². The van der Waals surface area contributed by atoms with E-state index < -0.39 is 0 Å². The topological polar surface area (TPSA) is 0 Å². The van der Waals surface area contributed by atoms with Crippen LogP contribution in [-0.2, 0) is 0 Å². The van der Waals surface area contributed by atoms with Gasteiger partial charge in [0.25, 0.3) is 0 Å². The number of hydrogen-bond donors (Lipinski definition) is 0. The smallest absolute Gasteiger partial charge is 0.00384 e. The van der Waals surface area contributed by atoms with Gasteiger partial charge in [0.1, 0.15) is 0 Å². The van der Waals surface area contributed by atoms with Crippen LogP contribution in [0.3, 0.4) is 0 Å². The predicted molar refractivity (Wildman–Crippen MR) is 56.9 cm³/mol. The van der Waals surface area contributed by atoms with Crippen molar-refractivity contribution in [2.45, 2.75) is 51.9 Å². The van der Waals surface area contributed by atoms with E-state index in [-0.39, 0.29) is 7.92 Å². The molecular formula is C11H19P. The van der Waals surface area contributed by atoms with Gasteiger partial charge in [-0.1, -0.05) is 47.0 Å². The Bertz CT molecular complexity index is 246. The number of hydrogen-bond acceptors (Lipinski definition) is 0. The van der Waals surface area contributed by atoms with E-state index in [0.717, 1.165) is 5.66 Å². The second-order valence-corrected chi connectivity index (χ2v) is 8.57. The lowest BCUT2D eigenvalue weighted by Crippen LogP contribution is -2.12. The Morgan fingerprint density at radius 3 is 2.25 bits per heavy atom. The molecule has 0 radical (unpaired) electrons. The number of allylic oxidation sites excluding steroid dienone is 1. The molecule has 12 heavy (non-hydrogen) atoms. The monoisotopic (exact) mass is 182 g/mol. The van der Waals surface area contributed by atoms with Gasteiger partial charge in [-0.2, -0.15) is 0 Å². The Balaban J connectivity index is 2.25. The molecule has 1 saturated carbocycles. The predicted octanol–water partition coefficient (Wildman–Crippen LogP) is 3.96. The third-order valence-corrected chi connectivity index (χ3v) is 7.18. The largest absolute Gasteiger partial charge is 0.0736 e. The van der Waals surface area contributed by atoms with Gasteiger partial charge in [-0.25, -0.2) is 0 Å². The molecule has 1 heterocycles. The summed E-state index contributed by atoms with van der Waals surface area (Å²) < 4.78 is 0. The van der Waals surface area contributed by atoms with E-state index in [1.54, 1.807) is 5.57 Å². The Kier molecular flexibility index (Phi) is 1.57. The molecule has 2 rings (SSSR count). The maximum atomic E-state index is 2.59. The maximum Gasteiger partial charge on any atom is -0.00384 e. The minimum Gasteiger partial charge on any atom is -0.0736 e. The summed E-state index contributed by atoms with van der Waals surface area (Å²) in [5.74, 6) is 2.59. The summed E-state index contributed by atoms with van der Waals surface area (Å²) in [7, 11) is 0.177. The van der Waals surface area contributed by atoms with Crippen molar-refractivity contribution in [2.75, 3.05) is 0 Å². The molecule has 0 N–H and O–H groups in total. The molecule has 0 aromatic carbocycles. The third kappa shape index (κ3) is 1.01. The summed E-state index contributed by atoms with van der Waals surface area (Å²) in [5, 5.41) is 0.537. The van der Waals surface area contributed by atoms with Crippen LogP contribution in [0.5, 0.6) is 0 Å². The molecule has 0 aromatic rings. The fourth-order valence-electron chi connectivity index (χ4n) is 2.28. The third-order valence-electron chi connectivity index (χ3n) is 3.54. The molecule has 1 heteroatoms. The quantitative estimate of drug-likeness (QED) is 0.497. The van der Waals surface area contributed by atoms with Crippen molar-refractivity contribution in [3.63, 3.8) is 0 Å². The van der Waals surface area contributed by atoms with E-state index in [1.807, 2.05) is 0 Å². The number of rotatable bonds is 0. The zero-order chi connectivity index (χ0) is 9.15. The highest BCUT2D eigenvalue weighted by atomic mass is 31.1. The lowest BCUT2D eigenvalue weighted by atomic mass is 10.0. The van der Waals surface area contributed by atoms with Gasteiger partial charge in [0.15, 0.2) is 0 Å². The molecule has 0 unspecified atom stereocenters. The molecule has 68 valence electrons. The molecule has 0 bridgehead atoms. The summed E-state index contributed by atoms with van der Waals surface area (Å²) in [5.41, 5.74) is 3.35. The molecule has 0 nitrogen and oxygen atoms in total. The summed E-state index contributed by atoms with van der Waals surface area (Å²) in [6, 6.07) is 0. The van der Waals surface area contributed by atoms with Crippen LogP contribution >= 0.6 is 7.92 Å². The number of fused-ring (bicyclic) bond motifs is 1. The molecule has 1 aliphatic carbocycles. The first-order valence-electron chi connectivity index (χ1n) is 4.83. The van der Waals surface area contributed by atoms with Crippen LogP contribution in [0.4, 0.5) is 0 Å². The average molecular weight is 182 g/mol. The highest BCUT2D eigenvalue weighted by molar-refractivity contribution is 7.64. The Labute approximate surface area is 77.2 Å². The van der Waals surface area contributed by atoms with Crippen molar-refractivity contribution in [3.8, 4) is 0 Å². The SMILES string of the molecule is CC1=C[P@@](C(C)(C)C)[C@@H]2C[C@]12C. The van der Waals surface area contributed by atoms with Crippen molar-refractivity contribution < 1.29 is 0 Å². The normalized spacial score (nSPS) is 45.6. The minimum absolute atomic E-state index is 0.177. The van der Waals surface area contributed by atoms with E-state index in [1.165, 1.54) is 6.42 Å². The summed E-state index contributed by atoms with van der Waals surface area (Å²) in [6.45, 7) is 12.0. The molecule has 0 aromatic heterocycles. The second-order valence-electron chi connectivity index (χ2n) is 5.53. The van der Waals surface area contributed by atoms with Crippen molar-refractivity contribution in [1.29, 1.82) is 0 Å². The second kappa shape index (κ2) is 2.15. The highest BCUT2D eigenvalue weighted by Gasteiger charge is 2.60. The van der Waals surface area contributed by atoms with Crippen LogP contribution in [0.25, 0.3) is 0 Å². The van der Waals surface area contributed by atoms with Crippen LogP contribution in [0.2, 0.25) is 0 Å². The van der Waals surface area contributed by atoms with Crippen LogP contribution in [0, 0.1) is 5.41 Å². The van der Waals surface area contributed by atoms with Crippen LogP contribution in [0.1, 0.15) is 41.0 Å². The van der Waals surface area contributed by atoms with Crippen molar-refractivity contribution in [1.82, 2.24) is 0 Å². The lowest BCUT2D eigenvalue weighted by Gasteiger charge is -2.27. The van der Waals surface area contributed by atoms with E-state index in [0.29, 0.717) is 10.6 Å². The van der Waals surface area contributed by atoms with Crippen LogP contribution in [0.15, 0.2) is 11.4 Å². The summed E-state index contributed by atoms with van der Waals surface area (Å²) >= 11 is 0. The van der Waals surface area contributed by atoms with Crippen molar-refractivity contribution in [3.05, 3.63) is 11.4 Å². The average Bonchev–Trinajstić information content (AvgIpc) is 2.49. The first-order chi connectivity index (χ1) is 5.36. The molecule has 2 aliphatic rings. The van der Waals surface area contributed by atoms with Gasteiger partial charge >= 0.3 is 0 Å².